The maximum Gasteiger partial charge on any atom is 0.407 e. The Morgan fingerprint density at radius 1 is 1.19 bits per heavy atom. The van der Waals surface area contributed by atoms with E-state index in [1.54, 1.807) is 12.4 Å². The molecular formula is C25H26Cl2N6O3. The topological polar surface area (TPSA) is 126 Å². The van der Waals surface area contributed by atoms with Crippen LogP contribution in [-0.2, 0) is 0 Å². The number of nitrogens with one attached hydrogen (secondary N) is 1. The lowest BCUT2D eigenvalue weighted by molar-refractivity contribution is 0.119. The molecule has 188 valence electrons. The molecule has 11 heteroatoms. The Hall–Kier alpha value is -3.56. The van der Waals surface area contributed by atoms with Gasteiger partial charge in [0.1, 0.15) is 10.8 Å². The average Bonchev–Trinajstić information content (AvgIpc) is 2.86. The Labute approximate surface area is 218 Å². The van der Waals surface area contributed by atoms with Gasteiger partial charge in [0, 0.05) is 36.7 Å². The summed E-state index contributed by atoms with van der Waals surface area (Å²) >= 11 is 12.1. The first kappa shape index (κ1) is 25.5. The highest BCUT2D eigenvalue weighted by molar-refractivity contribution is 6.33. The van der Waals surface area contributed by atoms with E-state index in [4.69, 9.17) is 38.8 Å². The highest BCUT2D eigenvalue weighted by Crippen LogP contribution is 2.30. The van der Waals surface area contributed by atoms with Gasteiger partial charge < -0.3 is 25.8 Å². The molecule has 0 radical (unpaired) electrons. The van der Waals surface area contributed by atoms with Gasteiger partial charge in [0.15, 0.2) is 5.82 Å². The number of nitrogens with two attached hydrogens (primary N) is 1. The van der Waals surface area contributed by atoms with Crippen LogP contribution in [0.4, 0.5) is 22.0 Å². The molecule has 4 rings (SSSR count). The fourth-order valence-electron chi connectivity index (χ4n) is 3.96. The summed E-state index contributed by atoms with van der Waals surface area (Å²) in [6, 6.07) is 7.50. The number of nitrogens with zero attached hydrogens (tertiary/aromatic N) is 4. The Morgan fingerprint density at radius 2 is 2.00 bits per heavy atom. The second-order valence-corrected chi connectivity index (χ2v) is 9.19. The van der Waals surface area contributed by atoms with Crippen molar-refractivity contribution < 1.29 is 14.6 Å². The van der Waals surface area contributed by atoms with E-state index < -0.39 is 6.09 Å². The minimum atomic E-state index is -0.851. The van der Waals surface area contributed by atoms with Gasteiger partial charge in [0.05, 0.1) is 18.5 Å². The molecule has 0 aliphatic carbocycles. The van der Waals surface area contributed by atoms with E-state index in [1.807, 2.05) is 36.4 Å². The fourth-order valence-corrected chi connectivity index (χ4v) is 4.23. The van der Waals surface area contributed by atoms with Crippen LogP contribution in [0.5, 0.6) is 5.75 Å². The maximum absolute atomic E-state index is 11.1. The highest BCUT2D eigenvalue weighted by Gasteiger charge is 2.22. The number of piperidine rings is 1. The Kier molecular flexibility index (Phi) is 8.45. The van der Waals surface area contributed by atoms with E-state index in [9.17, 15) is 4.79 Å². The molecule has 0 atom stereocenters. The first-order valence-electron chi connectivity index (χ1n) is 11.5. The summed E-state index contributed by atoms with van der Waals surface area (Å²) < 4.78 is 6.15. The number of amides is 1. The van der Waals surface area contributed by atoms with E-state index in [-0.39, 0.29) is 5.28 Å². The van der Waals surface area contributed by atoms with Gasteiger partial charge in [-0.2, -0.15) is 4.98 Å². The first-order chi connectivity index (χ1) is 17.4. The normalized spacial score (nSPS) is 14.2. The standard InChI is InChI=1S/C25H26Cl2N6O3/c26-21-15-30-24(27)32-23(21)31-20-3-4-22(18(12-20)2-1-17-11-19(28)14-29-13-17)36-10-7-16-5-8-33(9-6-16)25(34)35/h1-4,11-16H,5-10,28H2,(H,34,35)(H,30,31,32)/b2-1+. The molecule has 0 saturated carbocycles. The van der Waals surface area contributed by atoms with Crippen LogP contribution in [0.25, 0.3) is 12.2 Å². The number of aromatic nitrogens is 3. The van der Waals surface area contributed by atoms with Gasteiger partial charge in [0.25, 0.3) is 0 Å². The number of hydrogen-bond acceptors (Lipinski definition) is 7. The van der Waals surface area contributed by atoms with Gasteiger partial charge in [-0.1, -0.05) is 23.8 Å². The molecular weight excluding hydrogens is 503 g/mol. The van der Waals surface area contributed by atoms with Gasteiger partial charge >= 0.3 is 6.09 Å². The molecule has 1 aliphatic rings. The third-order valence-corrected chi connectivity index (χ3v) is 6.35. The van der Waals surface area contributed by atoms with Crippen molar-refractivity contribution in [2.24, 2.45) is 5.92 Å². The number of carbonyl (C=O) groups is 1. The molecule has 9 nitrogen and oxygen atoms in total. The zero-order valence-electron chi connectivity index (χ0n) is 19.4. The van der Waals surface area contributed by atoms with E-state index in [0.717, 1.165) is 36.1 Å². The molecule has 4 N–H and O–H groups in total. The predicted octanol–water partition coefficient (Wildman–Crippen LogP) is 5.83. The third-order valence-electron chi connectivity index (χ3n) is 5.89. The Morgan fingerprint density at radius 3 is 2.75 bits per heavy atom. The summed E-state index contributed by atoms with van der Waals surface area (Å²) in [6.45, 7) is 1.66. The number of rotatable bonds is 8. The van der Waals surface area contributed by atoms with E-state index in [0.29, 0.717) is 47.9 Å². The fraction of sp³-hybridized carbons (Fsp3) is 0.280. The number of nitrogen functional groups attached to an aromatic ring is 1. The largest absolute Gasteiger partial charge is 0.493 e. The number of likely N-dealkylation sites (tertiary alicyclic amines) is 1. The van der Waals surface area contributed by atoms with Crippen LogP contribution in [0.15, 0.2) is 42.9 Å². The van der Waals surface area contributed by atoms with Crippen LogP contribution in [0, 0.1) is 5.92 Å². The lowest BCUT2D eigenvalue weighted by Crippen LogP contribution is -2.37. The van der Waals surface area contributed by atoms with Gasteiger partial charge in [-0.3, -0.25) is 4.98 Å². The average molecular weight is 529 g/mol. The summed E-state index contributed by atoms with van der Waals surface area (Å²) in [5.74, 6) is 1.54. The molecule has 1 fully saturated rings. The molecule has 1 amide bonds. The number of carboxylic acid groups (broad SMARTS) is 1. The van der Waals surface area contributed by atoms with Crippen molar-refractivity contribution in [3.05, 3.63) is 64.3 Å². The van der Waals surface area contributed by atoms with Crippen LogP contribution in [0.3, 0.4) is 0 Å². The molecule has 1 aromatic carbocycles. The highest BCUT2D eigenvalue weighted by atomic mass is 35.5. The van der Waals surface area contributed by atoms with E-state index >= 15 is 0 Å². The van der Waals surface area contributed by atoms with Crippen molar-refractivity contribution >= 4 is 58.6 Å². The van der Waals surface area contributed by atoms with Crippen molar-refractivity contribution in [2.45, 2.75) is 19.3 Å². The van der Waals surface area contributed by atoms with Crippen molar-refractivity contribution in [3.8, 4) is 5.75 Å². The molecule has 3 aromatic rings. The smallest absolute Gasteiger partial charge is 0.407 e. The van der Waals surface area contributed by atoms with Crippen molar-refractivity contribution in [3.63, 3.8) is 0 Å². The zero-order valence-corrected chi connectivity index (χ0v) is 20.9. The molecule has 0 unspecified atom stereocenters. The number of pyridine rings is 1. The summed E-state index contributed by atoms with van der Waals surface area (Å²) in [5.41, 5.74) is 8.86. The third kappa shape index (κ3) is 6.99. The van der Waals surface area contributed by atoms with Crippen LogP contribution in [-0.4, -0.2) is 50.7 Å². The second kappa shape index (κ2) is 11.9. The zero-order chi connectivity index (χ0) is 25.5. The van der Waals surface area contributed by atoms with Gasteiger partial charge in [-0.05, 0) is 66.6 Å². The van der Waals surface area contributed by atoms with Gasteiger partial charge in [-0.25, -0.2) is 9.78 Å². The monoisotopic (exact) mass is 528 g/mol. The number of hydrogen-bond donors (Lipinski definition) is 3. The summed E-state index contributed by atoms with van der Waals surface area (Å²) in [5, 5.41) is 12.7. The summed E-state index contributed by atoms with van der Waals surface area (Å²) in [4.78, 5) is 24.7. The Balaban J connectivity index is 1.48. The van der Waals surface area contributed by atoms with Crippen LogP contribution >= 0.6 is 23.2 Å². The lowest BCUT2D eigenvalue weighted by Gasteiger charge is -2.29. The molecule has 36 heavy (non-hydrogen) atoms. The van der Waals surface area contributed by atoms with Crippen LogP contribution in [0.2, 0.25) is 10.3 Å². The van der Waals surface area contributed by atoms with Crippen molar-refractivity contribution in [2.75, 3.05) is 30.7 Å². The molecule has 0 bridgehead atoms. The summed E-state index contributed by atoms with van der Waals surface area (Å²) in [7, 11) is 0. The number of ether oxygens (including phenoxy) is 1. The lowest BCUT2D eigenvalue weighted by atomic mass is 9.94. The molecule has 1 aliphatic heterocycles. The minimum Gasteiger partial charge on any atom is -0.493 e. The van der Waals surface area contributed by atoms with Gasteiger partial charge in [0.2, 0.25) is 5.28 Å². The number of anilines is 3. The number of halogens is 2. The van der Waals surface area contributed by atoms with Crippen LogP contribution < -0.4 is 15.8 Å². The first-order valence-corrected chi connectivity index (χ1v) is 12.2. The maximum atomic E-state index is 11.1. The Bertz CT molecular complexity index is 1250. The quantitative estimate of drug-likeness (QED) is 0.311. The molecule has 3 heterocycles. The van der Waals surface area contributed by atoms with Gasteiger partial charge in [-0.15, -0.1) is 0 Å². The van der Waals surface area contributed by atoms with E-state index in [2.05, 4.69) is 20.3 Å². The van der Waals surface area contributed by atoms with Crippen molar-refractivity contribution in [1.82, 2.24) is 19.9 Å². The SMILES string of the molecule is Nc1cncc(/C=C/c2cc(Nc3nc(Cl)ncc3Cl)ccc2OCCC2CCN(C(=O)O)CC2)c1. The molecule has 1 saturated heterocycles. The minimum absolute atomic E-state index is 0.0883. The molecule has 2 aromatic heterocycles. The van der Waals surface area contributed by atoms with E-state index in [1.165, 1.54) is 11.1 Å². The molecule has 0 spiro atoms. The summed E-state index contributed by atoms with van der Waals surface area (Å²) in [6.07, 6.45) is 10.3. The predicted molar refractivity (Wildman–Crippen MR) is 142 cm³/mol. The number of benzene rings is 1. The van der Waals surface area contributed by atoms with Crippen LogP contribution in [0.1, 0.15) is 30.4 Å². The van der Waals surface area contributed by atoms with Crippen molar-refractivity contribution in [1.29, 1.82) is 0 Å². The second-order valence-electron chi connectivity index (χ2n) is 8.45.